The molecule has 3 rings (SSSR count). The Bertz CT molecular complexity index is 722. The second kappa shape index (κ2) is 5.61. The third-order valence-corrected chi connectivity index (χ3v) is 4.67. The molecule has 1 fully saturated rings. The molecule has 0 unspecified atom stereocenters. The van der Waals surface area contributed by atoms with Gasteiger partial charge in [0.2, 0.25) is 0 Å². The highest BCUT2D eigenvalue weighted by atomic mass is 79.9. The maximum Gasteiger partial charge on any atom is 0.344 e. The number of benzene rings is 1. The van der Waals surface area contributed by atoms with E-state index in [-0.39, 0.29) is 11.7 Å². The molecule has 1 aromatic carbocycles. The molecule has 2 heterocycles. The molecule has 1 amide bonds. The van der Waals surface area contributed by atoms with E-state index in [9.17, 15) is 9.59 Å². The van der Waals surface area contributed by atoms with E-state index in [0.29, 0.717) is 18.5 Å². The molecule has 4 nitrogen and oxygen atoms in total. The number of hydrogen-bond donors (Lipinski definition) is 0. The Morgan fingerprint density at radius 1 is 1.25 bits per heavy atom. The van der Waals surface area contributed by atoms with Crippen LogP contribution < -0.4 is 5.63 Å². The zero-order valence-electron chi connectivity index (χ0n) is 10.6. The van der Waals surface area contributed by atoms with E-state index in [1.807, 2.05) is 17.8 Å². The first-order chi connectivity index (χ1) is 9.65. The summed E-state index contributed by atoms with van der Waals surface area (Å²) in [6.07, 6.45) is 0. The SMILES string of the molecule is O=C(c1cc2ccc(Br)cc2c(=O)o1)N1CCSCC1. The molecule has 104 valence electrons. The number of rotatable bonds is 1. The van der Waals surface area contributed by atoms with Gasteiger partial charge in [0.25, 0.3) is 5.91 Å². The first kappa shape index (κ1) is 13.7. The van der Waals surface area contributed by atoms with Crippen molar-refractivity contribution in [2.45, 2.75) is 0 Å². The summed E-state index contributed by atoms with van der Waals surface area (Å²) in [7, 11) is 0. The van der Waals surface area contributed by atoms with E-state index in [1.165, 1.54) is 0 Å². The van der Waals surface area contributed by atoms with Gasteiger partial charge in [-0.1, -0.05) is 22.0 Å². The zero-order valence-corrected chi connectivity index (χ0v) is 13.0. The van der Waals surface area contributed by atoms with E-state index in [2.05, 4.69) is 15.9 Å². The Morgan fingerprint density at radius 2 is 2.00 bits per heavy atom. The van der Waals surface area contributed by atoms with E-state index < -0.39 is 5.63 Å². The molecule has 6 heteroatoms. The molecule has 0 saturated carbocycles. The van der Waals surface area contributed by atoms with Gasteiger partial charge in [0.15, 0.2) is 5.76 Å². The monoisotopic (exact) mass is 353 g/mol. The quantitative estimate of drug-likeness (QED) is 0.790. The van der Waals surface area contributed by atoms with Crippen LogP contribution in [0.4, 0.5) is 0 Å². The number of halogens is 1. The Balaban J connectivity index is 2.02. The first-order valence-corrected chi connectivity index (χ1v) is 8.20. The van der Waals surface area contributed by atoms with Crippen molar-refractivity contribution in [2.24, 2.45) is 0 Å². The summed E-state index contributed by atoms with van der Waals surface area (Å²) in [6, 6.07) is 6.99. The van der Waals surface area contributed by atoms with Gasteiger partial charge in [-0.15, -0.1) is 0 Å². The number of carbonyl (C=O) groups excluding carboxylic acids is 1. The van der Waals surface area contributed by atoms with Crippen LogP contribution in [0, 0.1) is 0 Å². The van der Waals surface area contributed by atoms with Crippen LogP contribution >= 0.6 is 27.7 Å². The van der Waals surface area contributed by atoms with Crippen LogP contribution in [0.3, 0.4) is 0 Å². The van der Waals surface area contributed by atoms with Crippen LogP contribution in [-0.2, 0) is 0 Å². The third kappa shape index (κ3) is 2.62. The maximum absolute atomic E-state index is 12.3. The topological polar surface area (TPSA) is 50.5 Å². The van der Waals surface area contributed by atoms with Crippen LogP contribution in [0.1, 0.15) is 10.6 Å². The minimum absolute atomic E-state index is 0.122. The maximum atomic E-state index is 12.3. The summed E-state index contributed by atoms with van der Waals surface area (Å²) >= 11 is 5.15. The summed E-state index contributed by atoms with van der Waals surface area (Å²) < 4.78 is 6.00. The highest BCUT2D eigenvalue weighted by Crippen LogP contribution is 2.19. The largest absolute Gasteiger partial charge is 0.417 e. The van der Waals surface area contributed by atoms with E-state index >= 15 is 0 Å². The van der Waals surface area contributed by atoms with Crippen molar-refractivity contribution in [3.63, 3.8) is 0 Å². The second-order valence-corrected chi connectivity index (χ2v) is 6.67. The predicted octanol–water partition coefficient (Wildman–Crippen LogP) is 2.74. The molecule has 0 aliphatic carbocycles. The molecular weight excluding hydrogens is 342 g/mol. The molecular formula is C14H12BrNO3S. The van der Waals surface area contributed by atoms with Crippen molar-refractivity contribution in [1.29, 1.82) is 0 Å². The fourth-order valence-electron chi connectivity index (χ4n) is 2.18. The molecule has 0 atom stereocenters. The normalized spacial score (nSPS) is 15.6. The average molecular weight is 354 g/mol. The highest BCUT2D eigenvalue weighted by molar-refractivity contribution is 9.10. The molecule has 1 aromatic heterocycles. The molecule has 1 aliphatic rings. The van der Waals surface area contributed by atoms with Crippen LogP contribution in [0.15, 0.2) is 37.9 Å². The number of fused-ring (bicyclic) bond motifs is 1. The minimum atomic E-state index is -0.474. The number of carbonyl (C=O) groups is 1. The standard InChI is InChI=1S/C14H12BrNO3S/c15-10-2-1-9-7-12(19-14(18)11(9)8-10)13(17)16-3-5-20-6-4-16/h1-2,7-8H,3-6H2. The fourth-order valence-corrected chi connectivity index (χ4v) is 3.45. The first-order valence-electron chi connectivity index (χ1n) is 6.25. The van der Waals surface area contributed by atoms with E-state index in [4.69, 9.17) is 4.42 Å². The van der Waals surface area contributed by atoms with Gasteiger partial charge in [-0.3, -0.25) is 4.79 Å². The predicted molar refractivity (Wildman–Crippen MR) is 83.4 cm³/mol. The lowest BCUT2D eigenvalue weighted by atomic mass is 10.1. The van der Waals surface area contributed by atoms with Crippen molar-refractivity contribution >= 4 is 44.4 Å². The Kier molecular flexibility index (Phi) is 3.85. The van der Waals surface area contributed by atoms with Crippen LogP contribution in [0.25, 0.3) is 10.8 Å². The summed E-state index contributed by atoms with van der Waals surface area (Å²) in [5.41, 5.74) is -0.474. The molecule has 0 spiro atoms. The van der Waals surface area contributed by atoms with Gasteiger partial charge in [-0.05, 0) is 23.6 Å². The van der Waals surface area contributed by atoms with Gasteiger partial charge in [0.1, 0.15) is 0 Å². The summed E-state index contributed by atoms with van der Waals surface area (Å²) in [6.45, 7) is 1.40. The van der Waals surface area contributed by atoms with Gasteiger partial charge >= 0.3 is 5.63 Å². The van der Waals surface area contributed by atoms with Crippen LogP contribution in [0.2, 0.25) is 0 Å². The fraction of sp³-hybridized carbons (Fsp3) is 0.286. The number of nitrogens with zero attached hydrogens (tertiary/aromatic N) is 1. The molecule has 2 aromatic rings. The molecule has 0 radical (unpaired) electrons. The van der Waals surface area contributed by atoms with Gasteiger partial charge in [-0.25, -0.2) is 4.79 Å². The minimum Gasteiger partial charge on any atom is -0.417 e. The lowest BCUT2D eigenvalue weighted by Crippen LogP contribution is -2.38. The summed E-state index contributed by atoms with van der Waals surface area (Å²) in [5, 5.41) is 1.20. The Labute approximate surface area is 128 Å². The van der Waals surface area contributed by atoms with Crippen LogP contribution in [-0.4, -0.2) is 35.4 Å². The smallest absolute Gasteiger partial charge is 0.344 e. The third-order valence-electron chi connectivity index (χ3n) is 3.23. The second-order valence-electron chi connectivity index (χ2n) is 4.53. The summed E-state index contributed by atoms with van der Waals surface area (Å²) in [4.78, 5) is 26.0. The molecule has 0 N–H and O–H groups in total. The van der Waals surface area contributed by atoms with Crippen molar-refractivity contribution in [3.05, 3.63) is 44.9 Å². The van der Waals surface area contributed by atoms with Gasteiger partial charge < -0.3 is 9.32 Å². The molecule has 1 aliphatic heterocycles. The van der Waals surface area contributed by atoms with Crippen molar-refractivity contribution in [1.82, 2.24) is 4.90 Å². The molecule has 1 saturated heterocycles. The van der Waals surface area contributed by atoms with Gasteiger partial charge in [-0.2, -0.15) is 11.8 Å². The van der Waals surface area contributed by atoms with Crippen molar-refractivity contribution in [2.75, 3.05) is 24.6 Å². The number of hydrogen-bond acceptors (Lipinski definition) is 4. The van der Waals surface area contributed by atoms with Crippen molar-refractivity contribution in [3.8, 4) is 0 Å². The van der Waals surface area contributed by atoms with Crippen LogP contribution in [0.5, 0.6) is 0 Å². The number of amides is 1. The summed E-state index contributed by atoms with van der Waals surface area (Å²) in [5.74, 6) is 1.77. The zero-order chi connectivity index (χ0) is 14.1. The Morgan fingerprint density at radius 3 is 2.75 bits per heavy atom. The lowest BCUT2D eigenvalue weighted by Gasteiger charge is -2.25. The van der Waals surface area contributed by atoms with Gasteiger partial charge in [0, 0.05) is 29.1 Å². The molecule has 20 heavy (non-hydrogen) atoms. The van der Waals surface area contributed by atoms with Crippen molar-refractivity contribution < 1.29 is 9.21 Å². The van der Waals surface area contributed by atoms with Gasteiger partial charge in [0.05, 0.1) is 5.39 Å². The Hall–Kier alpha value is -1.27. The highest BCUT2D eigenvalue weighted by Gasteiger charge is 2.21. The molecule has 0 bridgehead atoms. The van der Waals surface area contributed by atoms with E-state index in [1.54, 1.807) is 23.1 Å². The average Bonchev–Trinajstić information content (AvgIpc) is 2.48. The number of thioether (sulfide) groups is 1. The van der Waals surface area contributed by atoms with E-state index in [0.717, 1.165) is 21.4 Å². The lowest BCUT2D eigenvalue weighted by molar-refractivity contribution is 0.0736.